The van der Waals surface area contributed by atoms with Crippen molar-refractivity contribution in [3.05, 3.63) is 64.4 Å². The van der Waals surface area contributed by atoms with E-state index in [4.69, 9.17) is 17.3 Å². The number of nitrogens with zero attached hydrogens (tertiary/aromatic N) is 1. The normalized spacial score (nSPS) is 10.3. The molecule has 0 aliphatic heterocycles. The summed E-state index contributed by atoms with van der Waals surface area (Å²) in [5.41, 5.74) is 7.49. The fourth-order valence-electron chi connectivity index (χ4n) is 1.82. The summed E-state index contributed by atoms with van der Waals surface area (Å²) in [6.45, 7) is 0.420. The maximum Gasteiger partial charge on any atom is 0.254 e. The van der Waals surface area contributed by atoms with Crippen LogP contribution in [0.15, 0.2) is 42.5 Å². The standard InChI is InChI=1S/C15H14ClFN2O/c1-19(9-10-2-5-12(18)6-3-10)15(20)11-4-7-13(16)14(17)8-11/h2-8H,9,18H2,1H3. The molecule has 2 rings (SSSR count). The lowest BCUT2D eigenvalue weighted by Gasteiger charge is -2.17. The van der Waals surface area contributed by atoms with Crippen molar-refractivity contribution in [2.24, 2.45) is 0 Å². The molecule has 0 unspecified atom stereocenters. The number of hydrogen-bond donors (Lipinski definition) is 1. The molecule has 1 amide bonds. The van der Waals surface area contributed by atoms with Crippen LogP contribution in [0.2, 0.25) is 5.02 Å². The third kappa shape index (κ3) is 3.27. The predicted octanol–water partition coefficient (Wildman–Crippen LogP) is 3.33. The third-order valence-electron chi connectivity index (χ3n) is 2.91. The van der Waals surface area contributed by atoms with Crippen LogP contribution in [0.25, 0.3) is 0 Å². The first-order valence-corrected chi connectivity index (χ1v) is 6.40. The Bertz CT molecular complexity index is 628. The van der Waals surface area contributed by atoms with Crippen molar-refractivity contribution in [1.29, 1.82) is 0 Å². The van der Waals surface area contributed by atoms with Gasteiger partial charge in [-0.1, -0.05) is 23.7 Å². The van der Waals surface area contributed by atoms with E-state index in [1.54, 1.807) is 19.2 Å². The number of nitrogen functional groups attached to an aromatic ring is 1. The number of benzene rings is 2. The van der Waals surface area contributed by atoms with E-state index in [2.05, 4.69) is 0 Å². The zero-order valence-electron chi connectivity index (χ0n) is 10.9. The van der Waals surface area contributed by atoms with Gasteiger partial charge in [0, 0.05) is 24.8 Å². The van der Waals surface area contributed by atoms with E-state index in [1.165, 1.54) is 17.0 Å². The van der Waals surface area contributed by atoms with Gasteiger partial charge in [-0.2, -0.15) is 0 Å². The summed E-state index contributed by atoms with van der Waals surface area (Å²) >= 11 is 5.60. The molecule has 0 atom stereocenters. The molecular formula is C15H14ClFN2O. The molecule has 104 valence electrons. The van der Waals surface area contributed by atoms with Gasteiger partial charge in [-0.25, -0.2) is 4.39 Å². The Balaban J connectivity index is 2.11. The molecule has 20 heavy (non-hydrogen) atoms. The summed E-state index contributed by atoms with van der Waals surface area (Å²) in [5.74, 6) is -0.865. The van der Waals surface area contributed by atoms with Gasteiger partial charge in [0.15, 0.2) is 0 Å². The van der Waals surface area contributed by atoms with E-state index in [1.807, 2.05) is 12.1 Å². The van der Waals surface area contributed by atoms with E-state index >= 15 is 0 Å². The second-order valence-corrected chi connectivity index (χ2v) is 4.94. The van der Waals surface area contributed by atoms with E-state index in [-0.39, 0.29) is 16.5 Å². The van der Waals surface area contributed by atoms with Crippen molar-refractivity contribution in [3.8, 4) is 0 Å². The Labute approximate surface area is 121 Å². The molecule has 0 heterocycles. The highest BCUT2D eigenvalue weighted by Gasteiger charge is 2.13. The Morgan fingerprint density at radius 2 is 1.90 bits per heavy atom. The summed E-state index contributed by atoms with van der Waals surface area (Å²) < 4.78 is 13.4. The average molecular weight is 293 g/mol. The molecule has 3 nitrogen and oxygen atoms in total. The maximum atomic E-state index is 13.4. The summed E-state index contributed by atoms with van der Waals surface area (Å²) in [6, 6.07) is 11.3. The summed E-state index contributed by atoms with van der Waals surface area (Å²) in [6.07, 6.45) is 0. The molecule has 0 aromatic heterocycles. The molecule has 0 saturated carbocycles. The first-order chi connectivity index (χ1) is 9.47. The van der Waals surface area contributed by atoms with Crippen LogP contribution in [-0.2, 0) is 6.54 Å². The van der Waals surface area contributed by atoms with Gasteiger partial charge in [-0.05, 0) is 35.9 Å². The molecule has 0 bridgehead atoms. The molecule has 2 N–H and O–H groups in total. The molecule has 0 saturated heterocycles. The lowest BCUT2D eigenvalue weighted by molar-refractivity contribution is 0.0784. The zero-order chi connectivity index (χ0) is 14.7. The summed E-state index contributed by atoms with van der Waals surface area (Å²) in [7, 11) is 1.66. The number of rotatable bonds is 3. The van der Waals surface area contributed by atoms with Gasteiger partial charge in [0.25, 0.3) is 5.91 Å². The SMILES string of the molecule is CN(Cc1ccc(N)cc1)C(=O)c1ccc(Cl)c(F)c1. The van der Waals surface area contributed by atoms with Gasteiger partial charge in [0.05, 0.1) is 5.02 Å². The number of halogens is 2. The largest absolute Gasteiger partial charge is 0.399 e. The van der Waals surface area contributed by atoms with Gasteiger partial charge in [0.1, 0.15) is 5.82 Å². The smallest absolute Gasteiger partial charge is 0.254 e. The maximum absolute atomic E-state index is 13.4. The van der Waals surface area contributed by atoms with Crippen LogP contribution in [0.3, 0.4) is 0 Å². The van der Waals surface area contributed by atoms with Crippen molar-refractivity contribution < 1.29 is 9.18 Å². The topological polar surface area (TPSA) is 46.3 Å². The molecule has 2 aromatic rings. The third-order valence-corrected chi connectivity index (χ3v) is 3.22. The molecule has 2 aromatic carbocycles. The molecule has 0 radical (unpaired) electrons. The summed E-state index contributed by atoms with van der Waals surface area (Å²) in [4.78, 5) is 13.7. The van der Waals surface area contributed by atoms with Crippen LogP contribution in [0.1, 0.15) is 15.9 Å². The monoisotopic (exact) mass is 292 g/mol. The minimum atomic E-state index is -0.599. The van der Waals surface area contributed by atoms with E-state index in [9.17, 15) is 9.18 Å². The average Bonchev–Trinajstić information content (AvgIpc) is 2.43. The number of carbonyl (C=O) groups excluding carboxylic acids is 1. The van der Waals surface area contributed by atoms with Gasteiger partial charge in [-0.3, -0.25) is 4.79 Å². The first-order valence-electron chi connectivity index (χ1n) is 6.02. The molecule has 0 spiro atoms. The highest BCUT2D eigenvalue weighted by molar-refractivity contribution is 6.30. The van der Waals surface area contributed by atoms with Gasteiger partial charge in [-0.15, -0.1) is 0 Å². The van der Waals surface area contributed by atoms with Crippen molar-refractivity contribution in [2.75, 3.05) is 12.8 Å². The van der Waals surface area contributed by atoms with E-state index < -0.39 is 5.82 Å². The highest BCUT2D eigenvalue weighted by atomic mass is 35.5. The fraction of sp³-hybridized carbons (Fsp3) is 0.133. The molecule has 0 aliphatic rings. The highest BCUT2D eigenvalue weighted by Crippen LogP contribution is 2.17. The van der Waals surface area contributed by atoms with Crippen molar-refractivity contribution in [2.45, 2.75) is 6.54 Å². The predicted molar refractivity (Wildman–Crippen MR) is 78.1 cm³/mol. The van der Waals surface area contributed by atoms with Gasteiger partial charge >= 0.3 is 0 Å². The van der Waals surface area contributed by atoms with Crippen molar-refractivity contribution in [1.82, 2.24) is 4.90 Å². The number of nitrogens with two attached hydrogens (primary N) is 1. The van der Waals surface area contributed by atoms with Crippen LogP contribution >= 0.6 is 11.6 Å². The van der Waals surface area contributed by atoms with Crippen LogP contribution < -0.4 is 5.73 Å². The Hall–Kier alpha value is -2.07. The quantitative estimate of drug-likeness (QED) is 0.882. The van der Waals surface area contributed by atoms with Crippen LogP contribution in [0.5, 0.6) is 0 Å². The number of carbonyl (C=O) groups is 1. The molecular weight excluding hydrogens is 279 g/mol. The van der Waals surface area contributed by atoms with Crippen LogP contribution in [0.4, 0.5) is 10.1 Å². The van der Waals surface area contributed by atoms with Crippen molar-refractivity contribution in [3.63, 3.8) is 0 Å². The fourth-order valence-corrected chi connectivity index (χ4v) is 1.94. The Kier molecular flexibility index (Phi) is 4.25. The number of anilines is 1. The second kappa shape index (κ2) is 5.92. The zero-order valence-corrected chi connectivity index (χ0v) is 11.7. The minimum Gasteiger partial charge on any atom is -0.399 e. The number of hydrogen-bond acceptors (Lipinski definition) is 2. The van der Waals surface area contributed by atoms with E-state index in [0.29, 0.717) is 12.2 Å². The van der Waals surface area contributed by atoms with Crippen LogP contribution in [0, 0.1) is 5.82 Å². The molecule has 0 fully saturated rings. The lowest BCUT2D eigenvalue weighted by Crippen LogP contribution is -2.26. The number of amides is 1. The van der Waals surface area contributed by atoms with Gasteiger partial charge < -0.3 is 10.6 Å². The second-order valence-electron chi connectivity index (χ2n) is 4.53. The minimum absolute atomic E-state index is 0.00253. The molecule has 5 heteroatoms. The summed E-state index contributed by atoms with van der Waals surface area (Å²) in [5, 5.41) is 0.00253. The van der Waals surface area contributed by atoms with Crippen LogP contribution in [-0.4, -0.2) is 17.9 Å². The molecule has 0 aliphatic carbocycles. The van der Waals surface area contributed by atoms with Crippen molar-refractivity contribution >= 4 is 23.2 Å². The first kappa shape index (κ1) is 14.3. The van der Waals surface area contributed by atoms with E-state index in [0.717, 1.165) is 11.6 Å². The Morgan fingerprint density at radius 1 is 1.25 bits per heavy atom. The van der Waals surface area contributed by atoms with Gasteiger partial charge in [0.2, 0.25) is 0 Å². The lowest BCUT2D eigenvalue weighted by atomic mass is 10.1. The Morgan fingerprint density at radius 3 is 2.50 bits per heavy atom.